The highest BCUT2D eigenvalue weighted by molar-refractivity contribution is 5.90. The van der Waals surface area contributed by atoms with Crippen molar-refractivity contribution in [1.82, 2.24) is 30.2 Å². The summed E-state index contributed by atoms with van der Waals surface area (Å²) in [5, 5.41) is 7.80. The van der Waals surface area contributed by atoms with E-state index in [1.807, 2.05) is 13.1 Å². The first kappa shape index (κ1) is 17.2. The van der Waals surface area contributed by atoms with Crippen LogP contribution in [0.4, 0.5) is 5.82 Å². The molecule has 1 unspecified atom stereocenters. The largest absolute Gasteiger partial charge is 0.364 e. The van der Waals surface area contributed by atoms with Crippen molar-refractivity contribution in [3.8, 4) is 11.5 Å². The number of nitrogens with one attached hydrogen (secondary N) is 2. The molecule has 25 heavy (non-hydrogen) atoms. The summed E-state index contributed by atoms with van der Waals surface area (Å²) in [5.41, 5.74) is 1.33. The Balaban J connectivity index is 2.04. The Morgan fingerprint density at radius 2 is 1.92 bits per heavy atom. The average Bonchev–Trinajstić information content (AvgIpc) is 2.61. The summed E-state index contributed by atoms with van der Waals surface area (Å²) in [4.78, 5) is 21.7. The molecule has 7 nitrogen and oxygen atoms in total. The minimum absolute atomic E-state index is 0.143. The summed E-state index contributed by atoms with van der Waals surface area (Å²) in [6, 6.07) is 4.12. The van der Waals surface area contributed by atoms with Crippen molar-refractivity contribution in [1.29, 1.82) is 0 Å². The summed E-state index contributed by atoms with van der Waals surface area (Å²) < 4.78 is 0. The predicted molar refractivity (Wildman–Crippen MR) is 99.2 cm³/mol. The normalized spacial score (nSPS) is 13.0. The van der Waals surface area contributed by atoms with E-state index in [1.165, 1.54) is 6.33 Å². The van der Waals surface area contributed by atoms with Crippen LogP contribution in [0.15, 0.2) is 37.1 Å². The van der Waals surface area contributed by atoms with Gasteiger partial charge in [0.05, 0.1) is 11.7 Å². The Morgan fingerprint density at radius 1 is 1.12 bits per heavy atom. The highest BCUT2D eigenvalue weighted by atomic mass is 15.1. The zero-order valence-corrected chi connectivity index (χ0v) is 15.0. The van der Waals surface area contributed by atoms with Crippen LogP contribution in [-0.2, 0) is 0 Å². The van der Waals surface area contributed by atoms with Gasteiger partial charge in [0.25, 0.3) is 0 Å². The molecule has 0 aromatic carbocycles. The third-order valence-corrected chi connectivity index (χ3v) is 4.08. The van der Waals surface area contributed by atoms with Crippen molar-refractivity contribution in [3.63, 3.8) is 0 Å². The molecule has 0 aliphatic carbocycles. The van der Waals surface area contributed by atoms with E-state index in [-0.39, 0.29) is 5.54 Å². The number of fused-ring (bicyclic) bond motifs is 1. The third kappa shape index (κ3) is 4.06. The molecule has 3 heterocycles. The third-order valence-electron chi connectivity index (χ3n) is 4.08. The van der Waals surface area contributed by atoms with Crippen molar-refractivity contribution in [3.05, 3.63) is 37.1 Å². The standard InChI is InChI=1S/C18H23N7/c1-12(19-4)9-18(2,3)25-16-13-5-7-20-10-15(13)23-17(24-16)14-6-8-21-11-22-14/h5-8,10-12,19H,9H2,1-4H3,(H,23,24,25). The SMILES string of the molecule is CNC(C)CC(C)(C)Nc1nc(-c2ccncn2)nc2cnccc12. The molecule has 0 saturated heterocycles. The second-order valence-electron chi connectivity index (χ2n) is 6.79. The van der Waals surface area contributed by atoms with E-state index in [0.717, 1.165) is 23.1 Å². The summed E-state index contributed by atoms with van der Waals surface area (Å²) >= 11 is 0. The van der Waals surface area contributed by atoms with Gasteiger partial charge in [-0.05, 0) is 46.4 Å². The topological polar surface area (TPSA) is 88.5 Å². The highest BCUT2D eigenvalue weighted by Gasteiger charge is 2.22. The van der Waals surface area contributed by atoms with Gasteiger partial charge in [-0.15, -0.1) is 0 Å². The van der Waals surface area contributed by atoms with Gasteiger partial charge in [-0.1, -0.05) is 0 Å². The fourth-order valence-electron chi connectivity index (χ4n) is 2.85. The fourth-order valence-corrected chi connectivity index (χ4v) is 2.85. The van der Waals surface area contributed by atoms with Gasteiger partial charge in [0, 0.05) is 29.4 Å². The number of nitrogens with zero attached hydrogens (tertiary/aromatic N) is 5. The molecular formula is C18H23N7. The highest BCUT2D eigenvalue weighted by Crippen LogP contribution is 2.27. The molecule has 7 heteroatoms. The molecule has 0 spiro atoms. The number of rotatable bonds is 6. The molecule has 3 aromatic heterocycles. The lowest BCUT2D eigenvalue weighted by Crippen LogP contribution is -2.38. The Labute approximate surface area is 147 Å². The molecule has 0 bridgehead atoms. The van der Waals surface area contributed by atoms with Gasteiger partial charge in [-0.2, -0.15) is 0 Å². The maximum Gasteiger partial charge on any atom is 0.180 e. The number of aromatic nitrogens is 5. The van der Waals surface area contributed by atoms with Crippen LogP contribution in [0, 0.1) is 0 Å². The molecule has 3 aromatic rings. The van der Waals surface area contributed by atoms with Gasteiger partial charge in [0.15, 0.2) is 5.82 Å². The number of anilines is 1. The molecule has 0 fully saturated rings. The van der Waals surface area contributed by atoms with Crippen LogP contribution >= 0.6 is 0 Å². The molecule has 0 saturated carbocycles. The van der Waals surface area contributed by atoms with Crippen molar-refractivity contribution >= 4 is 16.7 Å². The lowest BCUT2D eigenvalue weighted by molar-refractivity contribution is 0.432. The lowest BCUT2D eigenvalue weighted by atomic mass is 9.96. The average molecular weight is 337 g/mol. The zero-order chi connectivity index (χ0) is 17.9. The molecular weight excluding hydrogens is 314 g/mol. The fraction of sp³-hybridized carbons (Fsp3) is 0.389. The van der Waals surface area contributed by atoms with Gasteiger partial charge in [0.2, 0.25) is 0 Å². The second-order valence-corrected chi connectivity index (χ2v) is 6.79. The van der Waals surface area contributed by atoms with Crippen LogP contribution in [0.25, 0.3) is 22.4 Å². The van der Waals surface area contributed by atoms with E-state index in [2.05, 4.69) is 51.3 Å². The molecule has 0 aliphatic heterocycles. The van der Waals surface area contributed by atoms with E-state index >= 15 is 0 Å². The van der Waals surface area contributed by atoms with E-state index < -0.39 is 0 Å². The van der Waals surface area contributed by atoms with Gasteiger partial charge in [-0.3, -0.25) is 4.98 Å². The van der Waals surface area contributed by atoms with E-state index in [1.54, 1.807) is 24.7 Å². The Kier molecular flexibility index (Phi) is 4.85. The summed E-state index contributed by atoms with van der Waals surface area (Å²) in [6.45, 7) is 6.50. The monoisotopic (exact) mass is 337 g/mol. The summed E-state index contributed by atoms with van der Waals surface area (Å²) in [6.07, 6.45) is 7.63. The first-order chi connectivity index (χ1) is 12.0. The van der Waals surface area contributed by atoms with Crippen molar-refractivity contribution in [2.24, 2.45) is 0 Å². The van der Waals surface area contributed by atoms with E-state index in [9.17, 15) is 0 Å². The van der Waals surface area contributed by atoms with Crippen LogP contribution in [0.3, 0.4) is 0 Å². The molecule has 3 rings (SSSR count). The minimum Gasteiger partial charge on any atom is -0.364 e. The second kappa shape index (κ2) is 7.06. The van der Waals surface area contributed by atoms with Gasteiger partial charge < -0.3 is 10.6 Å². The first-order valence-corrected chi connectivity index (χ1v) is 8.32. The van der Waals surface area contributed by atoms with Crippen LogP contribution in [0.2, 0.25) is 0 Å². The van der Waals surface area contributed by atoms with Crippen LogP contribution in [0.5, 0.6) is 0 Å². The first-order valence-electron chi connectivity index (χ1n) is 8.32. The Morgan fingerprint density at radius 3 is 2.64 bits per heavy atom. The van der Waals surface area contributed by atoms with Crippen LogP contribution in [-0.4, -0.2) is 43.5 Å². The minimum atomic E-state index is -0.143. The maximum atomic E-state index is 4.73. The van der Waals surface area contributed by atoms with E-state index in [4.69, 9.17) is 4.98 Å². The van der Waals surface area contributed by atoms with Crippen molar-refractivity contribution < 1.29 is 0 Å². The Hall–Kier alpha value is -2.67. The van der Waals surface area contributed by atoms with Gasteiger partial charge in [0.1, 0.15) is 17.8 Å². The molecule has 0 amide bonds. The smallest absolute Gasteiger partial charge is 0.180 e. The summed E-state index contributed by atoms with van der Waals surface area (Å²) in [5.74, 6) is 1.34. The number of hydrogen-bond donors (Lipinski definition) is 2. The van der Waals surface area contributed by atoms with Gasteiger partial charge in [-0.25, -0.2) is 19.9 Å². The number of hydrogen-bond acceptors (Lipinski definition) is 7. The van der Waals surface area contributed by atoms with E-state index in [0.29, 0.717) is 17.6 Å². The summed E-state index contributed by atoms with van der Waals surface area (Å²) in [7, 11) is 1.97. The molecule has 2 N–H and O–H groups in total. The lowest BCUT2D eigenvalue weighted by Gasteiger charge is -2.30. The quantitative estimate of drug-likeness (QED) is 0.715. The Bertz CT molecular complexity index is 848. The maximum absolute atomic E-state index is 4.73. The number of pyridine rings is 1. The predicted octanol–water partition coefficient (Wildman–Crippen LogP) is 2.67. The van der Waals surface area contributed by atoms with Crippen LogP contribution < -0.4 is 10.6 Å². The van der Waals surface area contributed by atoms with Crippen molar-refractivity contribution in [2.45, 2.75) is 38.8 Å². The molecule has 1 atom stereocenters. The molecule has 0 radical (unpaired) electrons. The molecule has 0 aliphatic rings. The van der Waals surface area contributed by atoms with Crippen molar-refractivity contribution in [2.75, 3.05) is 12.4 Å². The van der Waals surface area contributed by atoms with Gasteiger partial charge >= 0.3 is 0 Å². The zero-order valence-electron chi connectivity index (χ0n) is 15.0. The molecule has 130 valence electrons. The van der Waals surface area contributed by atoms with Crippen LogP contribution in [0.1, 0.15) is 27.2 Å².